The molecule has 2 aliphatic rings. The van der Waals surface area contributed by atoms with Gasteiger partial charge in [0, 0.05) is 18.6 Å². The van der Waals surface area contributed by atoms with Crippen molar-refractivity contribution in [3.8, 4) is 5.75 Å². The van der Waals surface area contributed by atoms with Gasteiger partial charge in [0.2, 0.25) is 5.91 Å². The molecule has 2 aliphatic heterocycles. The Kier molecular flexibility index (Phi) is 4.82. The van der Waals surface area contributed by atoms with Crippen LogP contribution in [0.2, 0.25) is 5.02 Å². The van der Waals surface area contributed by atoms with E-state index in [9.17, 15) is 9.59 Å². The van der Waals surface area contributed by atoms with E-state index in [1.54, 1.807) is 35.0 Å². The van der Waals surface area contributed by atoms with Crippen LogP contribution in [-0.2, 0) is 9.53 Å². The molecule has 0 saturated carbocycles. The molecule has 1 aromatic rings. The van der Waals surface area contributed by atoms with E-state index in [0.29, 0.717) is 42.6 Å². The normalized spacial score (nSPS) is 23.7. The molecule has 24 heavy (non-hydrogen) atoms. The minimum Gasteiger partial charge on any atom is -0.495 e. The molecule has 3 rings (SSSR count). The van der Waals surface area contributed by atoms with Crippen molar-refractivity contribution in [3.63, 3.8) is 0 Å². The first-order valence-corrected chi connectivity index (χ1v) is 8.14. The topological polar surface area (TPSA) is 71.1 Å². The Hall–Kier alpha value is -1.99. The fraction of sp³-hybridized carbons (Fsp3) is 0.500. The number of hydrogen-bond donors (Lipinski definition) is 1. The molecule has 1 aromatic carbocycles. The van der Waals surface area contributed by atoms with E-state index in [2.05, 4.69) is 5.32 Å². The number of fused-ring (bicyclic) bond motifs is 1. The predicted octanol–water partition coefficient (Wildman–Crippen LogP) is 1.81. The van der Waals surface area contributed by atoms with Gasteiger partial charge < -0.3 is 24.6 Å². The van der Waals surface area contributed by atoms with Crippen molar-refractivity contribution in [3.05, 3.63) is 23.2 Å². The van der Waals surface area contributed by atoms with Crippen molar-refractivity contribution in [1.82, 2.24) is 9.80 Å². The van der Waals surface area contributed by atoms with Crippen LogP contribution in [0.25, 0.3) is 0 Å². The van der Waals surface area contributed by atoms with E-state index in [4.69, 9.17) is 21.1 Å². The van der Waals surface area contributed by atoms with E-state index in [1.807, 2.05) is 0 Å². The van der Waals surface area contributed by atoms with Crippen LogP contribution < -0.4 is 10.1 Å². The molecule has 1 N–H and O–H groups in total. The maximum Gasteiger partial charge on any atom is 0.322 e. The number of likely N-dealkylation sites (tertiary alicyclic amines) is 1. The number of carbonyl (C=O) groups is 2. The quantitative estimate of drug-likeness (QED) is 0.880. The maximum absolute atomic E-state index is 12.6. The number of likely N-dealkylation sites (N-methyl/N-ethyl adjacent to an activating group) is 1. The molecule has 3 amide bonds. The maximum atomic E-state index is 12.6. The number of nitrogens with zero attached hydrogens (tertiary/aromatic N) is 2. The van der Waals surface area contributed by atoms with Crippen LogP contribution >= 0.6 is 11.6 Å². The first-order valence-electron chi connectivity index (χ1n) is 7.76. The van der Waals surface area contributed by atoms with Gasteiger partial charge in [0.25, 0.3) is 0 Å². The van der Waals surface area contributed by atoms with E-state index < -0.39 is 0 Å². The highest BCUT2D eigenvalue weighted by atomic mass is 35.5. The molecule has 0 bridgehead atoms. The second kappa shape index (κ2) is 6.86. The highest BCUT2D eigenvalue weighted by molar-refractivity contribution is 6.31. The molecular weight excluding hydrogens is 334 g/mol. The zero-order valence-corrected chi connectivity index (χ0v) is 14.4. The molecule has 0 radical (unpaired) electrons. The third-order valence-corrected chi connectivity index (χ3v) is 4.70. The smallest absolute Gasteiger partial charge is 0.322 e. The molecule has 8 heteroatoms. The Morgan fingerprint density at radius 1 is 1.42 bits per heavy atom. The van der Waals surface area contributed by atoms with Crippen molar-refractivity contribution >= 4 is 29.2 Å². The lowest BCUT2D eigenvalue weighted by atomic mass is 10.2. The number of amides is 3. The largest absolute Gasteiger partial charge is 0.495 e. The lowest BCUT2D eigenvalue weighted by Gasteiger charge is -2.25. The molecule has 0 aromatic heterocycles. The Balaban J connectivity index is 1.71. The van der Waals surface area contributed by atoms with Gasteiger partial charge in [-0.15, -0.1) is 0 Å². The van der Waals surface area contributed by atoms with Crippen LogP contribution in [-0.4, -0.2) is 67.7 Å². The molecule has 0 unspecified atom stereocenters. The molecule has 2 atom stereocenters. The molecule has 0 spiro atoms. The third kappa shape index (κ3) is 3.27. The van der Waals surface area contributed by atoms with E-state index in [-0.39, 0.29) is 24.1 Å². The van der Waals surface area contributed by atoms with Gasteiger partial charge in [0.15, 0.2) is 0 Å². The number of urea groups is 1. The van der Waals surface area contributed by atoms with Gasteiger partial charge >= 0.3 is 6.03 Å². The number of carbonyl (C=O) groups excluding carboxylic acids is 2. The van der Waals surface area contributed by atoms with Crippen LogP contribution in [0, 0.1) is 0 Å². The van der Waals surface area contributed by atoms with Crippen LogP contribution in [0.5, 0.6) is 5.75 Å². The van der Waals surface area contributed by atoms with Gasteiger partial charge in [-0.25, -0.2) is 4.79 Å². The highest BCUT2D eigenvalue weighted by Crippen LogP contribution is 2.29. The van der Waals surface area contributed by atoms with E-state index >= 15 is 0 Å². The lowest BCUT2D eigenvalue weighted by Crippen LogP contribution is -2.43. The molecule has 0 aliphatic carbocycles. The standard InChI is InChI=1S/C16H20ClN3O4/c1-19-12-8-20(9-14(12)24-6-5-15(19)21)16(22)18-11-7-10(17)3-4-13(11)23-2/h3-4,7,12,14H,5-6,8-9H2,1-2H3,(H,18,22)/t12-,14-/m0/s1. The summed E-state index contributed by atoms with van der Waals surface area (Å²) in [4.78, 5) is 27.8. The molecule has 130 valence electrons. The van der Waals surface area contributed by atoms with Crippen LogP contribution in [0.1, 0.15) is 6.42 Å². The van der Waals surface area contributed by atoms with Crippen LogP contribution in [0.15, 0.2) is 18.2 Å². The number of nitrogens with one attached hydrogen (secondary N) is 1. The molecule has 2 saturated heterocycles. The number of hydrogen-bond acceptors (Lipinski definition) is 4. The van der Waals surface area contributed by atoms with Gasteiger partial charge in [-0.05, 0) is 18.2 Å². The second-order valence-electron chi connectivity index (χ2n) is 5.91. The van der Waals surface area contributed by atoms with Gasteiger partial charge in [-0.1, -0.05) is 11.6 Å². The zero-order chi connectivity index (χ0) is 17.3. The Bertz CT molecular complexity index is 654. The van der Waals surface area contributed by atoms with Gasteiger partial charge in [0.05, 0.1) is 44.5 Å². The average molecular weight is 354 g/mol. The molecular formula is C16H20ClN3O4. The Labute approximate surface area is 145 Å². The monoisotopic (exact) mass is 353 g/mol. The van der Waals surface area contributed by atoms with Gasteiger partial charge in [-0.2, -0.15) is 0 Å². The lowest BCUT2D eigenvalue weighted by molar-refractivity contribution is -0.130. The summed E-state index contributed by atoms with van der Waals surface area (Å²) < 4.78 is 11.0. The number of anilines is 1. The number of benzene rings is 1. The molecule has 2 fully saturated rings. The fourth-order valence-electron chi connectivity index (χ4n) is 3.09. The van der Waals surface area contributed by atoms with Crippen molar-refractivity contribution in [2.45, 2.75) is 18.6 Å². The summed E-state index contributed by atoms with van der Waals surface area (Å²) in [6.45, 7) is 1.26. The summed E-state index contributed by atoms with van der Waals surface area (Å²) in [7, 11) is 3.29. The number of halogens is 1. The summed E-state index contributed by atoms with van der Waals surface area (Å²) in [6.07, 6.45) is 0.225. The second-order valence-corrected chi connectivity index (χ2v) is 6.35. The summed E-state index contributed by atoms with van der Waals surface area (Å²) in [6, 6.07) is 4.64. The minimum absolute atomic E-state index is 0.0428. The number of ether oxygens (including phenoxy) is 2. The van der Waals surface area contributed by atoms with Crippen LogP contribution in [0.4, 0.5) is 10.5 Å². The third-order valence-electron chi connectivity index (χ3n) is 4.47. The summed E-state index contributed by atoms with van der Waals surface area (Å²) >= 11 is 5.99. The molecule has 2 heterocycles. The van der Waals surface area contributed by atoms with Crippen molar-refractivity contribution in [1.29, 1.82) is 0 Å². The van der Waals surface area contributed by atoms with Gasteiger partial charge in [-0.3, -0.25) is 4.79 Å². The van der Waals surface area contributed by atoms with Crippen LogP contribution in [0.3, 0.4) is 0 Å². The molecule has 7 nitrogen and oxygen atoms in total. The SMILES string of the molecule is COc1ccc(Cl)cc1NC(=O)N1C[C@@H]2OCCC(=O)N(C)[C@H]2C1. The first-order chi connectivity index (χ1) is 11.5. The van der Waals surface area contributed by atoms with Gasteiger partial charge in [0.1, 0.15) is 5.75 Å². The Morgan fingerprint density at radius 2 is 2.21 bits per heavy atom. The van der Waals surface area contributed by atoms with Crippen molar-refractivity contribution < 1.29 is 19.1 Å². The minimum atomic E-state index is -0.270. The Morgan fingerprint density at radius 3 is 2.96 bits per heavy atom. The predicted molar refractivity (Wildman–Crippen MR) is 89.5 cm³/mol. The number of rotatable bonds is 2. The first kappa shape index (κ1) is 16.9. The fourth-order valence-corrected chi connectivity index (χ4v) is 3.26. The van der Waals surface area contributed by atoms with Crippen molar-refractivity contribution in [2.75, 3.05) is 39.2 Å². The average Bonchev–Trinajstić information content (AvgIpc) is 2.93. The number of methoxy groups -OCH3 is 1. The van der Waals surface area contributed by atoms with Crippen molar-refractivity contribution in [2.24, 2.45) is 0 Å². The zero-order valence-electron chi connectivity index (χ0n) is 13.6. The van der Waals surface area contributed by atoms with E-state index in [0.717, 1.165) is 0 Å². The summed E-state index contributed by atoms with van der Waals surface area (Å²) in [5, 5.41) is 3.32. The highest BCUT2D eigenvalue weighted by Gasteiger charge is 2.41. The summed E-state index contributed by atoms with van der Waals surface area (Å²) in [5.74, 6) is 0.575. The van der Waals surface area contributed by atoms with E-state index in [1.165, 1.54) is 7.11 Å². The summed E-state index contributed by atoms with van der Waals surface area (Å²) in [5.41, 5.74) is 0.507.